The first-order chi connectivity index (χ1) is 7.17. The van der Waals surface area contributed by atoms with Crippen LogP contribution in [0, 0.1) is 6.92 Å². The third-order valence-corrected chi connectivity index (χ3v) is 2.15. The van der Waals surface area contributed by atoms with Crippen LogP contribution in [0.1, 0.15) is 31.0 Å². The number of rotatable bonds is 5. The van der Waals surface area contributed by atoms with Gasteiger partial charge in [-0.25, -0.2) is 0 Å². The predicted molar refractivity (Wildman–Crippen MR) is 66.7 cm³/mol. The number of anilines is 1. The first-order valence-corrected chi connectivity index (χ1v) is 5.21. The van der Waals surface area contributed by atoms with Crippen molar-refractivity contribution < 1.29 is 0 Å². The van der Waals surface area contributed by atoms with Gasteiger partial charge in [-0.3, -0.25) is 4.98 Å². The molecule has 0 fully saturated rings. The lowest BCUT2D eigenvalue weighted by Gasteiger charge is -2.11. The van der Waals surface area contributed by atoms with Crippen molar-refractivity contribution in [3.8, 4) is 0 Å². The molecule has 0 bridgehead atoms. The number of hydrogen-bond donors (Lipinski definition) is 1. The first-order valence-electron chi connectivity index (χ1n) is 5.21. The van der Waals surface area contributed by atoms with Crippen molar-refractivity contribution in [3.05, 3.63) is 42.4 Å². The van der Waals surface area contributed by atoms with E-state index in [2.05, 4.69) is 30.4 Å². The minimum Gasteiger partial charge on any atom is -0.359 e. The molecule has 1 aromatic heterocycles. The summed E-state index contributed by atoms with van der Waals surface area (Å²) in [5.74, 6) is 0. The molecule has 0 aliphatic carbocycles. The molecule has 0 saturated carbocycles. The molecule has 2 heteroatoms. The zero-order valence-corrected chi connectivity index (χ0v) is 9.51. The van der Waals surface area contributed by atoms with Crippen molar-refractivity contribution in [2.45, 2.75) is 26.7 Å². The summed E-state index contributed by atoms with van der Waals surface area (Å²) in [6.45, 7) is 11.9. The molecule has 0 unspecified atom stereocenters. The number of aryl methyl sites for hydroxylation is 1. The van der Waals surface area contributed by atoms with Crippen LogP contribution in [0.5, 0.6) is 0 Å². The van der Waals surface area contributed by atoms with Crippen molar-refractivity contribution in [1.29, 1.82) is 0 Å². The molecule has 0 aromatic carbocycles. The largest absolute Gasteiger partial charge is 0.359 e. The summed E-state index contributed by atoms with van der Waals surface area (Å²) in [6.07, 6.45) is 5.70. The molecule has 0 atom stereocenters. The van der Waals surface area contributed by atoms with Gasteiger partial charge in [-0.2, -0.15) is 0 Å². The number of nitrogens with one attached hydrogen (secondary N) is 1. The van der Waals surface area contributed by atoms with Crippen LogP contribution in [0.2, 0.25) is 0 Å². The normalized spacial score (nSPS) is 9.73. The van der Waals surface area contributed by atoms with Gasteiger partial charge in [-0.15, -0.1) is 0 Å². The molecule has 1 rings (SSSR count). The molecule has 0 saturated heterocycles. The molecule has 0 aliphatic rings. The maximum atomic E-state index is 4.22. The van der Waals surface area contributed by atoms with Crippen LogP contribution < -0.4 is 5.32 Å². The Kier molecular flexibility index (Phi) is 4.10. The minimum atomic E-state index is 0.984. The van der Waals surface area contributed by atoms with Crippen LogP contribution in [0.3, 0.4) is 0 Å². The van der Waals surface area contributed by atoms with Gasteiger partial charge in [0.1, 0.15) is 0 Å². The zero-order valence-electron chi connectivity index (χ0n) is 9.51. The van der Waals surface area contributed by atoms with Gasteiger partial charge in [0.15, 0.2) is 0 Å². The molecule has 1 N–H and O–H groups in total. The van der Waals surface area contributed by atoms with Crippen LogP contribution in [-0.2, 0) is 0 Å². The molecule has 0 radical (unpaired) electrons. The fourth-order valence-corrected chi connectivity index (χ4v) is 1.40. The van der Waals surface area contributed by atoms with E-state index in [0.29, 0.717) is 0 Å². The van der Waals surface area contributed by atoms with Gasteiger partial charge in [-0.1, -0.05) is 32.6 Å². The number of pyridine rings is 1. The van der Waals surface area contributed by atoms with E-state index in [9.17, 15) is 0 Å². The van der Waals surface area contributed by atoms with Gasteiger partial charge >= 0.3 is 0 Å². The SMILES string of the molecule is C=Cc1cnc(C)cc1NC(=C)CCC. The number of aromatic nitrogens is 1. The first kappa shape index (κ1) is 11.5. The van der Waals surface area contributed by atoms with Gasteiger partial charge < -0.3 is 5.32 Å². The molecular formula is C13H18N2. The van der Waals surface area contributed by atoms with Crippen LogP contribution in [0.15, 0.2) is 31.1 Å². The Bertz CT molecular complexity index is 367. The Hall–Kier alpha value is -1.57. The monoisotopic (exact) mass is 202 g/mol. The molecule has 1 aromatic rings. The van der Waals surface area contributed by atoms with Crippen LogP contribution >= 0.6 is 0 Å². The second-order valence-corrected chi connectivity index (χ2v) is 3.60. The maximum Gasteiger partial charge on any atom is 0.0488 e. The summed E-state index contributed by atoms with van der Waals surface area (Å²) < 4.78 is 0. The van der Waals surface area contributed by atoms with Gasteiger partial charge in [0, 0.05) is 28.8 Å². The number of nitrogens with zero attached hydrogens (tertiary/aromatic N) is 1. The smallest absolute Gasteiger partial charge is 0.0488 e. The van der Waals surface area contributed by atoms with Crippen molar-refractivity contribution in [3.63, 3.8) is 0 Å². The average Bonchev–Trinajstić information content (AvgIpc) is 2.18. The van der Waals surface area contributed by atoms with Gasteiger partial charge in [0.05, 0.1) is 0 Å². The highest BCUT2D eigenvalue weighted by Crippen LogP contribution is 2.19. The lowest BCUT2D eigenvalue weighted by Crippen LogP contribution is -2.00. The summed E-state index contributed by atoms with van der Waals surface area (Å²) in [4.78, 5) is 4.22. The summed E-state index contributed by atoms with van der Waals surface area (Å²) in [7, 11) is 0. The lowest BCUT2D eigenvalue weighted by atomic mass is 10.2. The van der Waals surface area contributed by atoms with E-state index in [4.69, 9.17) is 0 Å². The molecule has 15 heavy (non-hydrogen) atoms. The van der Waals surface area contributed by atoms with E-state index in [1.54, 1.807) is 6.08 Å². The molecule has 1 heterocycles. The second kappa shape index (κ2) is 5.35. The Morgan fingerprint density at radius 1 is 1.60 bits per heavy atom. The van der Waals surface area contributed by atoms with Crippen LogP contribution in [0.4, 0.5) is 5.69 Å². The third-order valence-electron chi connectivity index (χ3n) is 2.15. The van der Waals surface area contributed by atoms with Gasteiger partial charge in [-0.05, 0) is 19.4 Å². The topological polar surface area (TPSA) is 24.9 Å². The highest BCUT2D eigenvalue weighted by Gasteiger charge is 2.01. The average molecular weight is 202 g/mol. The highest BCUT2D eigenvalue weighted by molar-refractivity contribution is 5.66. The molecule has 0 spiro atoms. The van der Waals surface area contributed by atoms with Crippen molar-refractivity contribution in [2.75, 3.05) is 5.32 Å². The highest BCUT2D eigenvalue weighted by atomic mass is 14.9. The summed E-state index contributed by atoms with van der Waals surface area (Å²) in [5, 5.41) is 3.30. The Morgan fingerprint density at radius 2 is 2.33 bits per heavy atom. The molecule has 2 nitrogen and oxygen atoms in total. The fourth-order valence-electron chi connectivity index (χ4n) is 1.40. The third kappa shape index (κ3) is 3.24. The van der Waals surface area contributed by atoms with E-state index in [0.717, 1.165) is 35.5 Å². The van der Waals surface area contributed by atoms with E-state index >= 15 is 0 Å². The summed E-state index contributed by atoms with van der Waals surface area (Å²) in [6, 6.07) is 2.01. The Balaban J connectivity index is 2.87. The molecule has 0 amide bonds. The molecule has 0 aliphatic heterocycles. The predicted octanol–water partition coefficient (Wildman–Crippen LogP) is 3.76. The zero-order chi connectivity index (χ0) is 11.3. The summed E-state index contributed by atoms with van der Waals surface area (Å²) in [5.41, 5.74) is 4.08. The van der Waals surface area contributed by atoms with Crippen molar-refractivity contribution in [2.24, 2.45) is 0 Å². The van der Waals surface area contributed by atoms with Crippen LogP contribution in [0.25, 0.3) is 6.08 Å². The Labute approximate surface area is 91.7 Å². The summed E-state index contributed by atoms with van der Waals surface area (Å²) >= 11 is 0. The fraction of sp³-hybridized carbons (Fsp3) is 0.308. The van der Waals surface area contributed by atoms with E-state index in [1.165, 1.54) is 0 Å². The van der Waals surface area contributed by atoms with E-state index in [-0.39, 0.29) is 0 Å². The van der Waals surface area contributed by atoms with E-state index < -0.39 is 0 Å². The Morgan fingerprint density at radius 3 is 2.93 bits per heavy atom. The van der Waals surface area contributed by atoms with Crippen molar-refractivity contribution >= 4 is 11.8 Å². The maximum absolute atomic E-state index is 4.22. The quantitative estimate of drug-likeness (QED) is 0.786. The van der Waals surface area contributed by atoms with Gasteiger partial charge in [0.25, 0.3) is 0 Å². The minimum absolute atomic E-state index is 0.984. The molecular weight excluding hydrogens is 184 g/mol. The number of allylic oxidation sites excluding steroid dienone is 1. The standard InChI is InChI=1S/C13H18N2/c1-5-7-10(3)15-13-8-11(4)14-9-12(13)6-2/h6,8-9H,2-3,5,7H2,1,4H3,(H,14,15). The van der Waals surface area contributed by atoms with Crippen LogP contribution in [-0.4, -0.2) is 4.98 Å². The molecule has 80 valence electrons. The lowest BCUT2D eigenvalue weighted by molar-refractivity contribution is 0.913. The van der Waals surface area contributed by atoms with Crippen molar-refractivity contribution in [1.82, 2.24) is 4.98 Å². The van der Waals surface area contributed by atoms with E-state index in [1.807, 2.05) is 19.2 Å². The number of hydrogen-bond acceptors (Lipinski definition) is 2. The van der Waals surface area contributed by atoms with Gasteiger partial charge in [0.2, 0.25) is 0 Å². The second-order valence-electron chi connectivity index (χ2n) is 3.60.